The summed E-state index contributed by atoms with van der Waals surface area (Å²) in [7, 11) is 0. The van der Waals surface area contributed by atoms with Gasteiger partial charge in [0.25, 0.3) is 0 Å². The Balaban J connectivity index is 1.57. The molecule has 7 nitrogen and oxygen atoms in total. The molecule has 1 N–H and O–H groups in total. The summed E-state index contributed by atoms with van der Waals surface area (Å²) in [6.45, 7) is 0.368. The lowest BCUT2D eigenvalue weighted by Crippen LogP contribution is -2.18. The Morgan fingerprint density at radius 1 is 1.04 bits per heavy atom. The zero-order valence-electron chi connectivity index (χ0n) is 14.5. The highest BCUT2D eigenvalue weighted by Gasteiger charge is 2.12. The quantitative estimate of drug-likeness (QED) is 0.419. The van der Waals surface area contributed by atoms with E-state index in [1.165, 1.54) is 21.7 Å². The summed E-state index contributed by atoms with van der Waals surface area (Å²) in [5.74, 6) is -0.238. The van der Waals surface area contributed by atoms with Crippen molar-refractivity contribution in [1.29, 1.82) is 0 Å². The number of carboxylic acid groups (broad SMARTS) is 1. The molecule has 0 aliphatic rings. The number of nitrogens with zero attached hydrogens (tertiary/aromatic N) is 1. The third kappa shape index (κ3) is 4.89. The first-order valence-electron chi connectivity index (χ1n) is 8.17. The van der Waals surface area contributed by atoms with E-state index in [0.717, 1.165) is 0 Å². The van der Waals surface area contributed by atoms with Crippen molar-refractivity contribution >= 4 is 39.3 Å². The fourth-order valence-corrected chi connectivity index (χ4v) is 3.90. The number of carboxylic acids is 1. The molecule has 0 amide bonds. The molecule has 3 rings (SSSR count). The molecule has 0 fully saturated rings. The van der Waals surface area contributed by atoms with E-state index in [4.69, 9.17) is 14.6 Å². The third-order valence-electron chi connectivity index (χ3n) is 3.65. The summed E-state index contributed by atoms with van der Waals surface area (Å²) >= 11 is -1.12. The zero-order valence-corrected chi connectivity index (χ0v) is 16.2. The molecule has 0 aliphatic carbocycles. The topological polar surface area (TPSA) is 99.1 Å². The summed E-state index contributed by atoms with van der Waals surface area (Å²) in [5.41, 5.74) is 0.584. The molecule has 0 saturated heterocycles. The Labute approximate surface area is 168 Å². The summed E-state index contributed by atoms with van der Waals surface area (Å²) in [4.78, 5) is 11.1. The van der Waals surface area contributed by atoms with Gasteiger partial charge < -0.3 is 19.1 Å². The number of rotatable bonds is 9. The van der Waals surface area contributed by atoms with E-state index in [9.17, 15) is 13.6 Å². The predicted octanol–water partition coefficient (Wildman–Crippen LogP) is 3.84. The van der Waals surface area contributed by atoms with Crippen molar-refractivity contribution in [1.82, 2.24) is 0 Å². The van der Waals surface area contributed by atoms with E-state index in [1.807, 2.05) is 0 Å². The van der Waals surface area contributed by atoms with Gasteiger partial charge in [-0.3, -0.25) is 8.51 Å². The Hall–Kier alpha value is -2.88. The fraction of sp³-hybridized carbons (Fsp3) is 0.105. The van der Waals surface area contributed by atoms with Gasteiger partial charge in [-0.2, -0.15) is 0 Å². The molecule has 0 radical (unpaired) electrons. The number of ether oxygens (including phenoxy) is 2. The van der Waals surface area contributed by atoms with Crippen molar-refractivity contribution in [3.05, 3.63) is 71.6 Å². The van der Waals surface area contributed by atoms with Crippen LogP contribution in [-0.2, 0) is 11.3 Å². The van der Waals surface area contributed by atoms with Crippen LogP contribution in [0.2, 0.25) is 0 Å². The second kappa shape index (κ2) is 9.36. The Morgan fingerprint density at radius 2 is 1.75 bits per heavy atom. The van der Waals surface area contributed by atoms with Crippen LogP contribution >= 0.6 is 11.3 Å². The van der Waals surface area contributed by atoms with Crippen LogP contribution < -0.4 is 13.8 Å². The Kier molecular flexibility index (Phi) is 6.64. The Morgan fingerprint density at radius 3 is 2.39 bits per heavy atom. The van der Waals surface area contributed by atoms with Crippen LogP contribution in [0.15, 0.2) is 66.0 Å². The minimum Gasteiger partial charge on any atom is -0.755 e. The number of para-hydroxylation sites is 1. The number of carbonyl (C=O) groups is 1. The molecule has 1 atom stereocenters. The first kappa shape index (κ1) is 19.9. The van der Waals surface area contributed by atoms with E-state index >= 15 is 0 Å². The second-order valence-corrected chi connectivity index (χ2v) is 7.18. The number of hydrogen-bond acceptors (Lipinski definition) is 6. The molecular weight excluding hydrogens is 402 g/mol. The average Bonchev–Trinajstić information content (AvgIpc) is 3.20. The van der Waals surface area contributed by atoms with E-state index < -0.39 is 17.2 Å². The molecule has 1 unspecified atom stereocenters. The molecule has 1 heterocycles. The highest BCUT2D eigenvalue weighted by molar-refractivity contribution is 7.81. The second-order valence-electron chi connectivity index (χ2n) is 5.45. The number of anilines is 2. The van der Waals surface area contributed by atoms with E-state index in [1.54, 1.807) is 60.0 Å². The maximum atomic E-state index is 11.5. The van der Waals surface area contributed by atoms with Crippen LogP contribution in [0.1, 0.15) is 10.4 Å². The number of thiophene rings is 1. The van der Waals surface area contributed by atoms with E-state index in [2.05, 4.69) is 0 Å². The fourth-order valence-electron chi connectivity index (χ4n) is 2.43. The van der Waals surface area contributed by atoms with Gasteiger partial charge in [-0.05, 0) is 53.9 Å². The molecule has 1 aromatic heterocycles. The molecule has 2 aromatic carbocycles. The molecule has 3 aromatic rings. The first-order valence-corrected chi connectivity index (χ1v) is 10.1. The molecule has 9 heteroatoms. The van der Waals surface area contributed by atoms with Gasteiger partial charge in [0.1, 0.15) is 35.3 Å². The SMILES string of the molecule is O=C(O)c1ccccc1OCCOc1ccc(N(c2cccs2)S(=O)[O-])cc1. The van der Waals surface area contributed by atoms with Crippen LogP contribution in [0.5, 0.6) is 11.5 Å². The lowest BCUT2D eigenvalue weighted by Gasteiger charge is -2.24. The van der Waals surface area contributed by atoms with Crippen molar-refractivity contribution in [2.24, 2.45) is 0 Å². The minimum atomic E-state index is -2.44. The molecule has 0 aliphatic heterocycles. The van der Waals surface area contributed by atoms with Crippen LogP contribution in [-0.4, -0.2) is 33.1 Å². The lowest BCUT2D eigenvalue weighted by molar-refractivity contribution is 0.0691. The first-order chi connectivity index (χ1) is 13.6. The predicted molar refractivity (Wildman–Crippen MR) is 106 cm³/mol. The minimum absolute atomic E-state index is 0.0890. The van der Waals surface area contributed by atoms with Crippen molar-refractivity contribution in [2.45, 2.75) is 0 Å². The van der Waals surface area contributed by atoms with E-state index in [-0.39, 0.29) is 24.5 Å². The average molecular weight is 418 g/mol. The summed E-state index contributed by atoms with van der Waals surface area (Å²) in [5, 5.41) is 11.5. The summed E-state index contributed by atoms with van der Waals surface area (Å²) in [6.07, 6.45) is 0. The van der Waals surface area contributed by atoms with Crippen LogP contribution in [0.4, 0.5) is 10.7 Å². The maximum absolute atomic E-state index is 11.5. The maximum Gasteiger partial charge on any atom is 0.339 e. The van der Waals surface area contributed by atoms with Crippen molar-refractivity contribution in [2.75, 3.05) is 17.5 Å². The highest BCUT2D eigenvalue weighted by Crippen LogP contribution is 2.31. The van der Waals surface area contributed by atoms with Crippen molar-refractivity contribution in [3.8, 4) is 11.5 Å². The number of benzene rings is 2. The van der Waals surface area contributed by atoms with Crippen LogP contribution in [0.3, 0.4) is 0 Å². The van der Waals surface area contributed by atoms with E-state index in [0.29, 0.717) is 16.4 Å². The lowest BCUT2D eigenvalue weighted by atomic mass is 10.2. The van der Waals surface area contributed by atoms with Gasteiger partial charge in [0.2, 0.25) is 0 Å². The molecule has 0 saturated carbocycles. The van der Waals surface area contributed by atoms with Gasteiger partial charge in [0, 0.05) is 0 Å². The summed E-state index contributed by atoms with van der Waals surface area (Å²) in [6, 6.07) is 16.5. The van der Waals surface area contributed by atoms with Crippen molar-refractivity contribution < 1.29 is 28.1 Å². The highest BCUT2D eigenvalue weighted by atomic mass is 32.2. The number of hydrogen-bond donors (Lipinski definition) is 1. The van der Waals surface area contributed by atoms with Crippen LogP contribution in [0.25, 0.3) is 0 Å². The summed E-state index contributed by atoms with van der Waals surface area (Å²) < 4.78 is 35.3. The largest absolute Gasteiger partial charge is 0.755 e. The van der Waals surface area contributed by atoms with Gasteiger partial charge in [0.15, 0.2) is 0 Å². The molecular formula is C19H16NO6S2-. The molecule has 28 heavy (non-hydrogen) atoms. The molecule has 146 valence electrons. The molecule has 0 spiro atoms. The monoisotopic (exact) mass is 418 g/mol. The van der Waals surface area contributed by atoms with Gasteiger partial charge >= 0.3 is 5.97 Å². The van der Waals surface area contributed by atoms with Gasteiger partial charge in [0.05, 0.1) is 17.0 Å². The zero-order chi connectivity index (χ0) is 19.9. The molecule has 0 bridgehead atoms. The Bertz CT molecular complexity index is 943. The van der Waals surface area contributed by atoms with Gasteiger partial charge in [-0.15, -0.1) is 11.3 Å². The third-order valence-corrected chi connectivity index (χ3v) is 5.33. The normalized spacial score (nSPS) is 11.6. The van der Waals surface area contributed by atoms with Crippen molar-refractivity contribution in [3.63, 3.8) is 0 Å². The van der Waals surface area contributed by atoms with Crippen LogP contribution in [0, 0.1) is 0 Å². The van der Waals surface area contributed by atoms with Gasteiger partial charge in [-0.1, -0.05) is 12.1 Å². The smallest absolute Gasteiger partial charge is 0.339 e. The van der Waals surface area contributed by atoms with Gasteiger partial charge in [-0.25, -0.2) is 4.79 Å². The standard InChI is InChI=1S/C19H17NO6S2/c21-19(22)16-4-1-2-5-17(16)26-12-11-25-15-9-7-14(8-10-15)20(28(23)24)18-6-3-13-27-18/h1-10,13H,11-12H2,(H,21,22)(H,23,24)/p-1. The number of aromatic carboxylic acids is 1.